The lowest BCUT2D eigenvalue weighted by molar-refractivity contribution is 0.239. The number of fused-ring (bicyclic) bond motifs is 1. The molecule has 0 saturated carbocycles. The molecule has 0 atom stereocenters. The predicted octanol–water partition coefficient (Wildman–Crippen LogP) is 1.95. The van der Waals surface area contributed by atoms with Crippen molar-refractivity contribution in [3.8, 4) is 0 Å². The zero-order chi connectivity index (χ0) is 12.7. The molecule has 2 aromatic heterocycles. The van der Waals surface area contributed by atoms with Crippen LogP contribution in [0.25, 0.3) is 16.7 Å². The van der Waals surface area contributed by atoms with Gasteiger partial charge in [0.25, 0.3) is 0 Å². The summed E-state index contributed by atoms with van der Waals surface area (Å²) in [6.07, 6.45) is 6.31. The molecule has 0 fully saturated rings. The monoisotopic (exact) mass is 252 g/mol. The molecule has 3 aromatic rings. The van der Waals surface area contributed by atoms with Crippen molar-refractivity contribution in [1.82, 2.24) is 20.4 Å². The van der Waals surface area contributed by atoms with Crippen molar-refractivity contribution in [2.24, 2.45) is 0 Å². The fourth-order valence-electron chi connectivity index (χ4n) is 2.01. The zero-order valence-electron chi connectivity index (χ0n) is 9.84. The summed E-state index contributed by atoms with van der Waals surface area (Å²) in [5.74, 6) is 1.95. The number of anilines is 1. The van der Waals surface area contributed by atoms with Crippen LogP contribution in [-0.2, 0) is 4.84 Å². The topological polar surface area (TPSA) is 69.0 Å². The largest absolute Gasteiger partial charge is 0.351 e. The Balaban J connectivity index is 1.62. The molecule has 0 amide bonds. The molecule has 1 aliphatic rings. The molecule has 1 radical (unpaired) electrons. The van der Waals surface area contributed by atoms with Crippen molar-refractivity contribution in [2.45, 2.75) is 0 Å². The summed E-state index contributed by atoms with van der Waals surface area (Å²) < 4.78 is 0. The number of hydrazine groups is 1. The van der Waals surface area contributed by atoms with Crippen LogP contribution in [0, 0.1) is 6.20 Å². The Labute approximate surface area is 108 Å². The van der Waals surface area contributed by atoms with E-state index in [1.807, 2.05) is 30.3 Å². The fraction of sp³-hybridized carbons (Fsp3) is 0. The minimum atomic E-state index is 0.517. The van der Waals surface area contributed by atoms with Crippen LogP contribution in [0.2, 0.25) is 0 Å². The molecular weight excluding hydrogens is 242 g/mol. The summed E-state index contributed by atoms with van der Waals surface area (Å²) in [6.45, 7) is 0. The highest BCUT2D eigenvalue weighted by molar-refractivity contribution is 5.83. The SMILES string of the molecule is [C]1=C(c2ncc[nH]2)ON(c2cc3ccccc3[nH]2)N1. The van der Waals surface area contributed by atoms with Gasteiger partial charge in [-0.05, 0) is 12.1 Å². The smallest absolute Gasteiger partial charge is 0.227 e. The Hall–Kier alpha value is -2.89. The predicted molar refractivity (Wildman–Crippen MR) is 70.2 cm³/mol. The molecule has 0 spiro atoms. The molecule has 0 unspecified atom stereocenters. The highest BCUT2D eigenvalue weighted by atomic mass is 16.7. The van der Waals surface area contributed by atoms with Crippen molar-refractivity contribution in [3.05, 3.63) is 54.7 Å². The number of aromatic amines is 2. The van der Waals surface area contributed by atoms with Crippen LogP contribution in [0.3, 0.4) is 0 Å². The van der Waals surface area contributed by atoms with E-state index in [-0.39, 0.29) is 0 Å². The first kappa shape index (κ1) is 10.1. The maximum Gasteiger partial charge on any atom is 0.227 e. The van der Waals surface area contributed by atoms with E-state index in [1.54, 1.807) is 12.4 Å². The Kier molecular flexibility index (Phi) is 2.02. The van der Waals surface area contributed by atoms with Gasteiger partial charge in [0.1, 0.15) is 6.20 Å². The standard InChI is InChI=1S/C13H10N5O/c1-2-4-10-9(3-1)7-12(17-10)18-16-8-11(19-18)13-14-5-6-15-13/h1-7,16-17H,(H,14,15). The number of hydrogen-bond acceptors (Lipinski definition) is 4. The van der Waals surface area contributed by atoms with E-state index >= 15 is 0 Å². The molecule has 3 N–H and O–H groups in total. The highest BCUT2D eigenvalue weighted by Crippen LogP contribution is 2.25. The first-order valence-corrected chi connectivity index (χ1v) is 5.84. The van der Waals surface area contributed by atoms with Crippen molar-refractivity contribution < 1.29 is 4.84 Å². The van der Waals surface area contributed by atoms with Gasteiger partial charge in [0.15, 0.2) is 11.6 Å². The summed E-state index contributed by atoms with van der Waals surface area (Å²) >= 11 is 0. The average molecular weight is 252 g/mol. The molecule has 3 heterocycles. The maximum atomic E-state index is 5.62. The Bertz CT molecular complexity index is 710. The van der Waals surface area contributed by atoms with Crippen LogP contribution >= 0.6 is 0 Å². The first-order valence-electron chi connectivity index (χ1n) is 5.84. The third kappa shape index (κ3) is 1.61. The van der Waals surface area contributed by atoms with Gasteiger partial charge < -0.3 is 14.8 Å². The molecule has 0 bridgehead atoms. The molecule has 93 valence electrons. The number of imidazole rings is 1. The van der Waals surface area contributed by atoms with E-state index in [0.29, 0.717) is 11.6 Å². The summed E-state index contributed by atoms with van der Waals surface area (Å²) in [5.41, 5.74) is 3.96. The molecule has 19 heavy (non-hydrogen) atoms. The van der Waals surface area contributed by atoms with E-state index in [4.69, 9.17) is 4.84 Å². The molecular formula is C13H10N5O. The third-order valence-electron chi connectivity index (χ3n) is 2.90. The average Bonchev–Trinajstić information content (AvgIpc) is 3.17. The number of aromatic nitrogens is 3. The first-order chi connectivity index (χ1) is 9.40. The van der Waals surface area contributed by atoms with Crippen molar-refractivity contribution in [1.29, 1.82) is 0 Å². The van der Waals surface area contributed by atoms with Gasteiger partial charge in [-0.15, -0.1) is 0 Å². The normalized spacial score (nSPS) is 14.3. The molecule has 0 saturated heterocycles. The zero-order valence-corrected chi connectivity index (χ0v) is 9.84. The van der Waals surface area contributed by atoms with Crippen LogP contribution in [0.1, 0.15) is 5.82 Å². The summed E-state index contributed by atoms with van der Waals surface area (Å²) in [7, 11) is 0. The van der Waals surface area contributed by atoms with Crippen molar-refractivity contribution >= 4 is 22.5 Å². The Morgan fingerprint density at radius 2 is 2.21 bits per heavy atom. The van der Waals surface area contributed by atoms with Crippen molar-refractivity contribution in [3.63, 3.8) is 0 Å². The van der Waals surface area contributed by atoms with Crippen LogP contribution in [0.15, 0.2) is 42.7 Å². The van der Waals surface area contributed by atoms with E-state index in [0.717, 1.165) is 16.7 Å². The number of benzene rings is 1. The van der Waals surface area contributed by atoms with Gasteiger partial charge in [-0.1, -0.05) is 23.4 Å². The second-order valence-corrected chi connectivity index (χ2v) is 4.13. The number of para-hydroxylation sites is 1. The summed E-state index contributed by atoms with van der Waals surface area (Å²) in [6, 6.07) is 10.0. The minimum absolute atomic E-state index is 0.517. The fourth-order valence-corrected chi connectivity index (χ4v) is 2.01. The highest BCUT2D eigenvalue weighted by Gasteiger charge is 2.21. The lowest BCUT2D eigenvalue weighted by atomic mass is 10.2. The quantitative estimate of drug-likeness (QED) is 0.652. The maximum absolute atomic E-state index is 5.62. The van der Waals surface area contributed by atoms with Gasteiger partial charge in [0, 0.05) is 23.3 Å². The summed E-state index contributed by atoms with van der Waals surface area (Å²) in [5, 5.41) is 2.63. The second kappa shape index (κ2) is 3.81. The molecule has 1 aliphatic heterocycles. The number of H-pyrrole nitrogens is 2. The number of hydrogen-bond donors (Lipinski definition) is 3. The van der Waals surface area contributed by atoms with Crippen LogP contribution < -0.4 is 10.6 Å². The molecule has 6 nitrogen and oxygen atoms in total. The lowest BCUT2D eigenvalue weighted by Crippen LogP contribution is -2.28. The van der Waals surface area contributed by atoms with E-state index < -0.39 is 0 Å². The van der Waals surface area contributed by atoms with Gasteiger partial charge in [0.05, 0.1) is 0 Å². The van der Waals surface area contributed by atoms with Gasteiger partial charge in [0.2, 0.25) is 5.76 Å². The second-order valence-electron chi connectivity index (χ2n) is 4.13. The van der Waals surface area contributed by atoms with Gasteiger partial charge >= 0.3 is 0 Å². The minimum Gasteiger partial charge on any atom is -0.351 e. The molecule has 1 aromatic carbocycles. The van der Waals surface area contributed by atoms with Crippen LogP contribution in [-0.4, -0.2) is 15.0 Å². The van der Waals surface area contributed by atoms with E-state index in [2.05, 4.69) is 26.6 Å². The van der Waals surface area contributed by atoms with Crippen LogP contribution in [0.4, 0.5) is 5.82 Å². The van der Waals surface area contributed by atoms with Gasteiger partial charge in [-0.25, -0.2) is 4.98 Å². The lowest BCUT2D eigenvalue weighted by Gasteiger charge is -2.14. The number of rotatable bonds is 2. The molecule has 0 aliphatic carbocycles. The molecule has 6 heteroatoms. The third-order valence-corrected chi connectivity index (χ3v) is 2.90. The molecule has 4 rings (SSSR count). The van der Waals surface area contributed by atoms with Crippen molar-refractivity contribution in [2.75, 3.05) is 5.17 Å². The Morgan fingerprint density at radius 3 is 3.05 bits per heavy atom. The van der Waals surface area contributed by atoms with Crippen LogP contribution in [0.5, 0.6) is 0 Å². The van der Waals surface area contributed by atoms with E-state index in [9.17, 15) is 0 Å². The Morgan fingerprint density at radius 1 is 1.26 bits per heavy atom. The number of nitrogens with one attached hydrogen (secondary N) is 3. The van der Waals surface area contributed by atoms with E-state index in [1.165, 1.54) is 5.17 Å². The van der Waals surface area contributed by atoms with Gasteiger partial charge in [-0.2, -0.15) is 0 Å². The van der Waals surface area contributed by atoms with Gasteiger partial charge in [-0.3, -0.25) is 5.43 Å². The summed E-state index contributed by atoms with van der Waals surface area (Å²) in [4.78, 5) is 16.0. The number of nitrogens with zero attached hydrogens (tertiary/aromatic N) is 2.